The number of carbonyl (C=O) groups is 1. The monoisotopic (exact) mass is 612 g/mol. The van der Waals surface area contributed by atoms with Gasteiger partial charge in [0.15, 0.2) is 6.17 Å². The van der Waals surface area contributed by atoms with Crippen LogP contribution in [0.3, 0.4) is 0 Å². The van der Waals surface area contributed by atoms with E-state index < -0.39 is 12.1 Å². The Kier molecular flexibility index (Phi) is 9.33. The number of carbonyl (C=O) groups excluding carboxylic acids is 1. The molecular weight excluding hydrogens is 575 g/mol. The summed E-state index contributed by atoms with van der Waals surface area (Å²) in [5.41, 5.74) is 4.00. The molecular formula is C37H37FO7. The molecule has 0 saturated carbocycles. The van der Waals surface area contributed by atoms with Crippen molar-refractivity contribution in [2.45, 2.75) is 39.0 Å². The van der Waals surface area contributed by atoms with Crippen molar-refractivity contribution in [2.24, 2.45) is 5.41 Å². The van der Waals surface area contributed by atoms with Crippen LogP contribution in [-0.2, 0) is 16.1 Å². The Hall–Kier alpha value is -4.40. The minimum atomic E-state index is -1.35. The normalized spacial score (nSPS) is 15.9. The average molecular weight is 613 g/mol. The first-order chi connectivity index (χ1) is 21.9. The summed E-state index contributed by atoms with van der Waals surface area (Å²) in [7, 11) is 0. The van der Waals surface area contributed by atoms with E-state index in [9.17, 15) is 9.90 Å². The standard InChI is InChI=1S/C37H37FO7/c1-2-37(23-42-24-37)22-41-17-3-4-18-43-28-10-6-26(7-11-28)36(40)45-30-14-16-32-31-15-5-25(19-33(31)35(38)34(32)20-30)21-44-29-12-8-27(39)9-13-29/h5-16,19-20,35,39H,2-4,17-18,21-24H2,1H3. The molecule has 7 nitrogen and oxygen atoms in total. The molecule has 45 heavy (non-hydrogen) atoms. The van der Waals surface area contributed by atoms with Gasteiger partial charge in [0.25, 0.3) is 0 Å². The first-order valence-electron chi connectivity index (χ1n) is 15.4. The van der Waals surface area contributed by atoms with E-state index in [-0.39, 0.29) is 23.5 Å². The minimum Gasteiger partial charge on any atom is -0.508 e. The number of alkyl halides is 1. The maximum Gasteiger partial charge on any atom is 0.343 e. The second kappa shape index (κ2) is 13.7. The highest BCUT2D eigenvalue weighted by atomic mass is 19.1. The van der Waals surface area contributed by atoms with Gasteiger partial charge in [-0.15, -0.1) is 0 Å². The molecule has 4 aromatic carbocycles. The van der Waals surface area contributed by atoms with Gasteiger partial charge >= 0.3 is 5.97 Å². The zero-order valence-electron chi connectivity index (χ0n) is 25.3. The highest BCUT2D eigenvalue weighted by Gasteiger charge is 2.36. The van der Waals surface area contributed by atoms with E-state index >= 15 is 4.39 Å². The van der Waals surface area contributed by atoms with Gasteiger partial charge in [-0.3, -0.25) is 0 Å². The van der Waals surface area contributed by atoms with Gasteiger partial charge in [-0.2, -0.15) is 0 Å². The van der Waals surface area contributed by atoms with Crippen LogP contribution < -0.4 is 14.2 Å². The third-order valence-electron chi connectivity index (χ3n) is 8.44. The lowest BCUT2D eigenvalue weighted by molar-refractivity contribution is -0.150. The Bertz CT molecular complexity index is 1610. The summed E-state index contributed by atoms with van der Waals surface area (Å²) in [5, 5.41) is 9.44. The summed E-state index contributed by atoms with van der Waals surface area (Å²) in [6.07, 6.45) is 1.50. The van der Waals surface area contributed by atoms with E-state index in [1.165, 1.54) is 0 Å². The van der Waals surface area contributed by atoms with Gasteiger partial charge < -0.3 is 28.8 Å². The molecule has 1 aliphatic carbocycles. The number of fused-ring (bicyclic) bond motifs is 3. The number of phenolic OH excluding ortho intramolecular Hbond substituents is 1. The summed E-state index contributed by atoms with van der Waals surface area (Å²) < 4.78 is 44.0. The van der Waals surface area contributed by atoms with Crippen LogP contribution in [0, 0.1) is 5.41 Å². The lowest BCUT2D eigenvalue weighted by Gasteiger charge is -2.40. The van der Waals surface area contributed by atoms with Crippen LogP contribution in [-0.4, -0.2) is 44.1 Å². The molecule has 4 aromatic rings. The number of unbranched alkanes of at least 4 members (excludes halogenated alkanes) is 1. The van der Waals surface area contributed by atoms with Gasteiger partial charge in [-0.25, -0.2) is 9.18 Å². The molecule has 1 fully saturated rings. The van der Waals surface area contributed by atoms with Crippen molar-refractivity contribution < 1.29 is 38.0 Å². The predicted octanol–water partition coefficient (Wildman–Crippen LogP) is 7.83. The van der Waals surface area contributed by atoms with Crippen molar-refractivity contribution in [1.29, 1.82) is 0 Å². The Morgan fingerprint density at radius 2 is 1.49 bits per heavy atom. The molecule has 1 heterocycles. The maximum atomic E-state index is 15.6. The van der Waals surface area contributed by atoms with Gasteiger partial charge in [0.2, 0.25) is 0 Å². The average Bonchev–Trinajstić information content (AvgIpc) is 3.32. The van der Waals surface area contributed by atoms with E-state index in [4.69, 9.17) is 23.7 Å². The third kappa shape index (κ3) is 7.13. The number of benzene rings is 4. The van der Waals surface area contributed by atoms with Crippen molar-refractivity contribution in [3.63, 3.8) is 0 Å². The topological polar surface area (TPSA) is 83.5 Å². The molecule has 1 unspecified atom stereocenters. The predicted molar refractivity (Wildman–Crippen MR) is 168 cm³/mol. The number of hydrogen-bond donors (Lipinski definition) is 1. The van der Waals surface area contributed by atoms with Gasteiger partial charge in [0, 0.05) is 17.6 Å². The molecule has 234 valence electrons. The van der Waals surface area contributed by atoms with Crippen LogP contribution in [0.2, 0.25) is 0 Å². The summed E-state index contributed by atoms with van der Waals surface area (Å²) >= 11 is 0. The Morgan fingerprint density at radius 1 is 0.844 bits per heavy atom. The van der Waals surface area contributed by atoms with Crippen molar-refractivity contribution in [1.82, 2.24) is 0 Å². The molecule has 6 rings (SSSR count). The van der Waals surface area contributed by atoms with Gasteiger partial charge in [0.05, 0.1) is 32.0 Å². The van der Waals surface area contributed by atoms with Crippen molar-refractivity contribution >= 4 is 5.97 Å². The first-order valence-corrected chi connectivity index (χ1v) is 15.4. The summed E-state index contributed by atoms with van der Waals surface area (Å²) in [6, 6.07) is 23.9. The number of rotatable bonds is 14. The summed E-state index contributed by atoms with van der Waals surface area (Å²) in [4.78, 5) is 12.9. The Balaban J connectivity index is 0.975. The largest absolute Gasteiger partial charge is 0.508 e. The first kappa shape index (κ1) is 30.6. The van der Waals surface area contributed by atoms with Crippen LogP contribution in [0.4, 0.5) is 4.39 Å². The number of hydrogen-bond acceptors (Lipinski definition) is 7. The van der Waals surface area contributed by atoms with Crippen LogP contribution in [0.15, 0.2) is 84.9 Å². The molecule has 1 atom stereocenters. The van der Waals surface area contributed by atoms with Gasteiger partial charge in [-0.05, 0) is 108 Å². The Labute approximate surface area is 262 Å². The summed E-state index contributed by atoms with van der Waals surface area (Å²) in [5.74, 6) is 1.20. The fraction of sp³-hybridized carbons (Fsp3) is 0.324. The van der Waals surface area contributed by atoms with E-state index in [0.29, 0.717) is 41.4 Å². The third-order valence-corrected chi connectivity index (χ3v) is 8.44. The van der Waals surface area contributed by atoms with E-state index in [0.717, 1.165) is 55.8 Å². The van der Waals surface area contributed by atoms with Crippen molar-refractivity contribution in [3.05, 3.63) is 107 Å². The van der Waals surface area contributed by atoms with E-state index in [2.05, 4.69) is 6.92 Å². The molecule has 1 saturated heterocycles. The second-order valence-electron chi connectivity index (χ2n) is 11.7. The molecule has 2 aliphatic rings. The molecule has 0 radical (unpaired) electrons. The fourth-order valence-corrected chi connectivity index (χ4v) is 5.51. The number of phenols is 1. The van der Waals surface area contributed by atoms with E-state index in [1.54, 1.807) is 72.8 Å². The number of ether oxygens (including phenoxy) is 5. The van der Waals surface area contributed by atoms with Crippen LogP contribution in [0.1, 0.15) is 59.4 Å². The van der Waals surface area contributed by atoms with Crippen molar-refractivity contribution in [2.75, 3.05) is 33.0 Å². The van der Waals surface area contributed by atoms with Crippen LogP contribution >= 0.6 is 0 Å². The lowest BCUT2D eigenvalue weighted by atomic mass is 9.84. The zero-order valence-corrected chi connectivity index (χ0v) is 25.3. The lowest BCUT2D eigenvalue weighted by Crippen LogP contribution is -2.45. The van der Waals surface area contributed by atoms with Gasteiger partial charge in [-0.1, -0.05) is 25.1 Å². The quantitative estimate of drug-likeness (QED) is 0.0883. The number of aromatic hydroxyl groups is 1. The zero-order chi connectivity index (χ0) is 31.2. The smallest absolute Gasteiger partial charge is 0.343 e. The molecule has 0 spiro atoms. The van der Waals surface area contributed by atoms with Crippen LogP contribution in [0.25, 0.3) is 11.1 Å². The van der Waals surface area contributed by atoms with E-state index in [1.807, 2.05) is 12.1 Å². The number of esters is 1. The molecule has 8 heteroatoms. The molecule has 0 amide bonds. The van der Waals surface area contributed by atoms with Gasteiger partial charge in [0.1, 0.15) is 29.6 Å². The maximum absolute atomic E-state index is 15.6. The van der Waals surface area contributed by atoms with Crippen molar-refractivity contribution in [3.8, 4) is 34.1 Å². The molecule has 1 N–H and O–H groups in total. The minimum absolute atomic E-state index is 0.162. The van der Waals surface area contributed by atoms with Crippen LogP contribution in [0.5, 0.6) is 23.0 Å². The Morgan fingerprint density at radius 3 is 2.20 bits per heavy atom. The molecule has 1 aliphatic heterocycles. The SMILES string of the molecule is CCC1(COCCCCOc2ccc(C(=O)Oc3ccc4c(c3)C(F)c3cc(COc5ccc(O)cc5)ccc3-4)cc2)COC1. The molecule has 0 aromatic heterocycles. The highest BCUT2D eigenvalue weighted by Crippen LogP contribution is 2.47. The fourth-order valence-electron chi connectivity index (χ4n) is 5.51. The summed E-state index contributed by atoms with van der Waals surface area (Å²) in [6.45, 7) is 6.02. The molecule has 0 bridgehead atoms. The highest BCUT2D eigenvalue weighted by molar-refractivity contribution is 5.91. The number of halogens is 1. The second-order valence-corrected chi connectivity index (χ2v) is 11.7.